The average Bonchev–Trinajstić information content (AvgIpc) is 2.40. The zero-order valence-corrected chi connectivity index (χ0v) is 13.6. The Hall–Kier alpha value is -1.31. The minimum atomic E-state index is 0.0333. The first-order valence-corrected chi connectivity index (χ1v) is 7.71. The molecule has 1 aromatic carbocycles. The molecular weight excluding hydrogens is 246 g/mol. The largest absolute Gasteiger partial charge is 0.356 e. The summed E-state index contributed by atoms with van der Waals surface area (Å²) in [4.78, 5) is 12.4. The third kappa shape index (κ3) is 4.36. The van der Waals surface area contributed by atoms with Gasteiger partial charge >= 0.3 is 0 Å². The second-order valence-corrected chi connectivity index (χ2v) is 6.46. The lowest BCUT2D eigenvalue weighted by molar-refractivity contribution is -0.129. The standard InChI is InChI=1S/C18H29NO/c1-6-16(18(4,5)14(2)3)17(20)19-13-12-15-10-8-7-9-11-15/h7-11,14,16H,6,12-13H2,1-5H3,(H,19,20). The second-order valence-electron chi connectivity index (χ2n) is 6.46. The predicted octanol–water partition coefficient (Wildman–Crippen LogP) is 4.05. The Morgan fingerprint density at radius 3 is 2.30 bits per heavy atom. The number of nitrogens with one attached hydrogen (secondary N) is 1. The zero-order chi connectivity index (χ0) is 15.2. The summed E-state index contributed by atoms with van der Waals surface area (Å²) in [6.07, 6.45) is 1.79. The van der Waals surface area contributed by atoms with Crippen molar-refractivity contribution in [1.29, 1.82) is 0 Å². The molecule has 20 heavy (non-hydrogen) atoms. The van der Waals surface area contributed by atoms with Gasteiger partial charge in [-0.1, -0.05) is 65.0 Å². The highest BCUT2D eigenvalue weighted by Gasteiger charge is 2.35. The minimum Gasteiger partial charge on any atom is -0.356 e. The van der Waals surface area contributed by atoms with Crippen LogP contribution in [-0.2, 0) is 11.2 Å². The van der Waals surface area contributed by atoms with E-state index in [0.29, 0.717) is 12.5 Å². The first kappa shape index (κ1) is 16.7. The van der Waals surface area contributed by atoms with E-state index < -0.39 is 0 Å². The highest BCUT2D eigenvalue weighted by atomic mass is 16.1. The first-order valence-electron chi connectivity index (χ1n) is 7.71. The normalized spacial score (nSPS) is 13.3. The molecule has 1 N–H and O–H groups in total. The SMILES string of the molecule is CCC(C(=O)NCCc1ccccc1)C(C)(C)C(C)C. The van der Waals surface area contributed by atoms with E-state index in [1.165, 1.54) is 5.56 Å². The van der Waals surface area contributed by atoms with E-state index >= 15 is 0 Å². The fraction of sp³-hybridized carbons (Fsp3) is 0.611. The van der Waals surface area contributed by atoms with Gasteiger partial charge in [0.15, 0.2) is 0 Å². The lowest BCUT2D eigenvalue weighted by Gasteiger charge is -2.36. The fourth-order valence-corrected chi connectivity index (χ4v) is 2.55. The van der Waals surface area contributed by atoms with Gasteiger partial charge in [0, 0.05) is 12.5 Å². The number of hydrogen-bond acceptors (Lipinski definition) is 1. The van der Waals surface area contributed by atoms with Gasteiger partial charge in [-0.2, -0.15) is 0 Å². The summed E-state index contributed by atoms with van der Waals surface area (Å²) in [5, 5.41) is 3.10. The monoisotopic (exact) mass is 275 g/mol. The summed E-state index contributed by atoms with van der Waals surface area (Å²) >= 11 is 0. The first-order chi connectivity index (χ1) is 9.39. The summed E-state index contributed by atoms with van der Waals surface area (Å²) in [6.45, 7) is 11.6. The zero-order valence-electron chi connectivity index (χ0n) is 13.6. The molecule has 0 heterocycles. The molecule has 1 atom stereocenters. The van der Waals surface area contributed by atoms with Crippen molar-refractivity contribution in [3.05, 3.63) is 35.9 Å². The Balaban J connectivity index is 2.52. The molecule has 2 heteroatoms. The van der Waals surface area contributed by atoms with Crippen molar-refractivity contribution in [1.82, 2.24) is 5.32 Å². The molecule has 1 rings (SSSR count). The third-order valence-corrected chi connectivity index (χ3v) is 4.67. The van der Waals surface area contributed by atoms with Crippen molar-refractivity contribution >= 4 is 5.91 Å². The smallest absolute Gasteiger partial charge is 0.223 e. The van der Waals surface area contributed by atoms with Crippen LogP contribution in [0.15, 0.2) is 30.3 Å². The van der Waals surface area contributed by atoms with Crippen LogP contribution in [0.1, 0.15) is 46.6 Å². The van der Waals surface area contributed by atoms with Crippen LogP contribution in [0.3, 0.4) is 0 Å². The molecule has 0 spiro atoms. The molecule has 0 saturated carbocycles. The summed E-state index contributed by atoms with van der Waals surface area (Å²) < 4.78 is 0. The number of carbonyl (C=O) groups excluding carboxylic acids is 1. The quantitative estimate of drug-likeness (QED) is 0.799. The number of benzene rings is 1. The molecule has 0 aliphatic rings. The Kier molecular flexibility index (Phi) is 6.25. The lowest BCUT2D eigenvalue weighted by Crippen LogP contribution is -2.42. The van der Waals surface area contributed by atoms with Crippen molar-refractivity contribution in [3.8, 4) is 0 Å². The molecule has 2 nitrogen and oxygen atoms in total. The molecule has 1 aromatic rings. The van der Waals surface area contributed by atoms with Crippen LogP contribution in [0, 0.1) is 17.3 Å². The summed E-state index contributed by atoms with van der Waals surface area (Å²) in [5.41, 5.74) is 1.30. The van der Waals surface area contributed by atoms with Crippen LogP contribution in [0.5, 0.6) is 0 Å². The molecule has 0 aliphatic heterocycles. The van der Waals surface area contributed by atoms with Gasteiger partial charge in [0.25, 0.3) is 0 Å². The van der Waals surface area contributed by atoms with Crippen LogP contribution < -0.4 is 5.32 Å². The summed E-state index contributed by atoms with van der Waals surface area (Å²) in [7, 11) is 0. The highest BCUT2D eigenvalue weighted by molar-refractivity contribution is 5.79. The molecule has 112 valence electrons. The number of rotatable bonds is 7. The van der Waals surface area contributed by atoms with Crippen molar-refractivity contribution in [2.75, 3.05) is 6.54 Å². The molecule has 0 aromatic heterocycles. The summed E-state index contributed by atoms with van der Waals surface area (Å²) in [5.74, 6) is 0.771. The Morgan fingerprint density at radius 1 is 1.20 bits per heavy atom. The van der Waals surface area contributed by atoms with E-state index in [1.807, 2.05) is 18.2 Å². The molecule has 0 bridgehead atoms. The summed E-state index contributed by atoms with van der Waals surface area (Å²) in [6, 6.07) is 10.3. The number of hydrogen-bond donors (Lipinski definition) is 1. The van der Waals surface area contributed by atoms with E-state index in [1.54, 1.807) is 0 Å². The van der Waals surface area contributed by atoms with Gasteiger partial charge < -0.3 is 5.32 Å². The van der Waals surface area contributed by atoms with E-state index in [9.17, 15) is 4.79 Å². The maximum absolute atomic E-state index is 12.4. The lowest BCUT2D eigenvalue weighted by atomic mass is 9.69. The van der Waals surface area contributed by atoms with Crippen molar-refractivity contribution < 1.29 is 4.79 Å². The Bertz CT molecular complexity index is 409. The molecular formula is C18H29NO. The number of carbonyl (C=O) groups is 1. The Labute approximate surface area is 124 Å². The average molecular weight is 275 g/mol. The van der Waals surface area contributed by atoms with Crippen LogP contribution in [0.2, 0.25) is 0 Å². The molecule has 0 saturated heterocycles. The molecule has 0 radical (unpaired) electrons. The topological polar surface area (TPSA) is 29.1 Å². The van der Waals surface area contributed by atoms with Crippen LogP contribution >= 0.6 is 0 Å². The molecule has 1 unspecified atom stereocenters. The van der Waals surface area contributed by atoms with Crippen LogP contribution in [0.4, 0.5) is 0 Å². The van der Waals surface area contributed by atoms with Gasteiger partial charge in [0.1, 0.15) is 0 Å². The van der Waals surface area contributed by atoms with Gasteiger partial charge in [-0.05, 0) is 29.7 Å². The van der Waals surface area contributed by atoms with Crippen LogP contribution in [0.25, 0.3) is 0 Å². The van der Waals surface area contributed by atoms with Crippen LogP contribution in [-0.4, -0.2) is 12.5 Å². The Morgan fingerprint density at radius 2 is 1.80 bits per heavy atom. The van der Waals surface area contributed by atoms with Gasteiger partial charge in [-0.15, -0.1) is 0 Å². The third-order valence-electron chi connectivity index (χ3n) is 4.67. The van der Waals surface area contributed by atoms with Gasteiger partial charge in [0.05, 0.1) is 0 Å². The second kappa shape index (κ2) is 7.47. The molecule has 0 aliphatic carbocycles. The van der Waals surface area contributed by atoms with Gasteiger partial charge in [0.2, 0.25) is 5.91 Å². The predicted molar refractivity (Wildman–Crippen MR) is 85.6 cm³/mol. The highest BCUT2D eigenvalue weighted by Crippen LogP contribution is 2.36. The van der Waals surface area contributed by atoms with Crippen molar-refractivity contribution in [3.63, 3.8) is 0 Å². The van der Waals surface area contributed by atoms with Gasteiger partial charge in [-0.25, -0.2) is 0 Å². The fourth-order valence-electron chi connectivity index (χ4n) is 2.55. The molecule has 0 fully saturated rings. The van der Waals surface area contributed by atoms with E-state index in [2.05, 4.69) is 52.1 Å². The molecule has 1 amide bonds. The van der Waals surface area contributed by atoms with E-state index in [0.717, 1.165) is 12.8 Å². The number of amides is 1. The maximum Gasteiger partial charge on any atom is 0.223 e. The van der Waals surface area contributed by atoms with E-state index in [4.69, 9.17) is 0 Å². The van der Waals surface area contributed by atoms with Gasteiger partial charge in [-0.3, -0.25) is 4.79 Å². The maximum atomic E-state index is 12.4. The van der Waals surface area contributed by atoms with E-state index in [-0.39, 0.29) is 17.2 Å². The van der Waals surface area contributed by atoms with Crippen molar-refractivity contribution in [2.24, 2.45) is 17.3 Å². The minimum absolute atomic E-state index is 0.0333. The van der Waals surface area contributed by atoms with Crippen molar-refractivity contribution in [2.45, 2.75) is 47.5 Å².